The molecule has 11 aromatic carbocycles. The predicted octanol–water partition coefficient (Wildman–Crippen LogP) is 14.0. The zero-order chi connectivity index (χ0) is 46.2. The lowest BCUT2D eigenvalue weighted by molar-refractivity contribution is 1.14. The summed E-state index contributed by atoms with van der Waals surface area (Å²) in [6.45, 7) is 0. The molecule has 0 N–H and O–H groups in total. The molecule has 0 amide bonds. The highest BCUT2D eigenvalue weighted by Crippen LogP contribution is 2.40. The van der Waals surface area contributed by atoms with Gasteiger partial charge in [-0.3, -0.25) is 0 Å². The van der Waals surface area contributed by atoms with Gasteiger partial charge in [-0.1, -0.05) is 212 Å². The third-order valence-electron chi connectivity index (χ3n) is 14.8. The molecule has 0 atom stereocenters. The van der Waals surface area contributed by atoms with E-state index in [0.29, 0.717) is 0 Å². The van der Waals surface area contributed by atoms with Crippen LogP contribution in [0.15, 0.2) is 273 Å². The van der Waals surface area contributed by atoms with Gasteiger partial charge in [-0.05, 0) is 92.5 Å². The van der Waals surface area contributed by atoms with E-state index < -0.39 is 8.07 Å². The lowest BCUT2D eigenvalue weighted by Gasteiger charge is -2.35. The molecule has 328 valence electrons. The molecule has 0 aliphatic carbocycles. The number of hydrogen-bond acceptors (Lipinski definition) is 0. The average Bonchev–Trinajstić information content (AvgIpc) is 4.08. The minimum absolute atomic E-state index is 1.11. The monoisotopic (exact) mass is 907 g/mol. The van der Waals surface area contributed by atoms with E-state index in [9.17, 15) is 0 Å². The van der Waals surface area contributed by atoms with Gasteiger partial charge in [0, 0.05) is 49.4 Å². The van der Waals surface area contributed by atoms with Crippen LogP contribution in [0, 0.1) is 0 Å². The summed E-state index contributed by atoms with van der Waals surface area (Å²) in [6, 6.07) is 101. The van der Waals surface area contributed by atoms with Crippen LogP contribution in [0.3, 0.4) is 0 Å². The molecule has 3 aromatic heterocycles. The number of benzene rings is 11. The fraction of sp³-hybridized carbons (Fsp3) is 0. The quantitative estimate of drug-likeness (QED) is 0.107. The molecule has 0 spiro atoms. The van der Waals surface area contributed by atoms with Crippen LogP contribution in [0.5, 0.6) is 0 Å². The van der Waals surface area contributed by atoms with Gasteiger partial charge >= 0.3 is 0 Å². The van der Waals surface area contributed by atoms with Crippen LogP contribution in [0.1, 0.15) is 0 Å². The van der Waals surface area contributed by atoms with Crippen molar-refractivity contribution in [1.29, 1.82) is 0 Å². The lowest BCUT2D eigenvalue weighted by atomic mass is 10.1. The molecule has 4 heteroatoms. The first kappa shape index (κ1) is 40.1. The van der Waals surface area contributed by atoms with Crippen molar-refractivity contribution >= 4 is 94.2 Å². The van der Waals surface area contributed by atoms with Crippen LogP contribution in [-0.2, 0) is 0 Å². The molecular weight excluding hydrogens is 863 g/mol. The second-order valence-electron chi connectivity index (χ2n) is 18.4. The SMILES string of the molecule is c1ccc(-c2ccc(-n3c4ccccc4c4ccc(-n5c6cc(-n7c8ccccc8c8ccccc87)ccc6c6c([Si](c7ccccc7)(c7ccccc7)c7ccccc7)cccc65)cc43)cc2)cc1. The largest absolute Gasteiger partial charge is 0.309 e. The fourth-order valence-electron chi connectivity index (χ4n) is 11.8. The zero-order valence-electron chi connectivity index (χ0n) is 38.3. The van der Waals surface area contributed by atoms with Crippen LogP contribution < -0.4 is 20.7 Å². The van der Waals surface area contributed by atoms with Crippen LogP contribution in [-0.4, -0.2) is 21.8 Å². The van der Waals surface area contributed by atoms with Gasteiger partial charge in [-0.25, -0.2) is 0 Å². The van der Waals surface area contributed by atoms with Gasteiger partial charge < -0.3 is 13.7 Å². The molecule has 0 fully saturated rings. The Labute approximate surface area is 407 Å². The number of hydrogen-bond donors (Lipinski definition) is 0. The highest BCUT2D eigenvalue weighted by molar-refractivity contribution is 7.20. The number of nitrogens with zero attached hydrogens (tertiary/aromatic N) is 3. The standard InChI is InChI=1S/C66H45N3Si/c1-5-20-46(21-6-1)47-36-38-48(39-37-47)67-59-31-16-15-30-56(59)57-42-40-50(44-63(57)67)69-62-34-19-35-65(70(51-22-7-2-8-23-51,52-24-9-3-10-25-52)53-26-11-4-12-27-53)66(62)58-43-41-49(45-64(58)69)68-60-32-17-13-28-54(60)55-29-14-18-33-61(55)68/h1-45H. The van der Waals surface area contributed by atoms with E-state index in [2.05, 4.69) is 287 Å². The summed E-state index contributed by atoms with van der Waals surface area (Å²) in [5.74, 6) is 0. The second-order valence-corrected chi connectivity index (χ2v) is 22.2. The van der Waals surface area contributed by atoms with Crippen molar-refractivity contribution in [1.82, 2.24) is 13.7 Å². The first-order valence-corrected chi connectivity index (χ1v) is 26.2. The van der Waals surface area contributed by atoms with Crippen LogP contribution in [0.25, 0.3) is 93.6 Å². The Bertz CT molecular complexity index is 4110. The molecule has 3 nitrogen and oxygen atoms in total. The van der Waals surface area contributed by atoms with Gasteiger partial charge in [0.15, 0.2) is 8.07 Å². The molecule has 0 aliphatic rings. The van der Waals surface area contributed by atoms with E-state index in [1.807, 2.05) is 0 Å². The number of aromatic nitrogens is 3. The van der Waals surface area contributed by atoms with E-state index in [4.69, 9.17) is 0 Å². The Kier molecular flexibility index (Phi) is 9.23. The molecule has 0 bridgehead atoms. The van der Waals surface area contributed by atoms with Gasteiger partial charge in [-0.15, -0.1) is 0 Å². The normalized spacial score (nSPS) is 12.0. The first-order valence-electron chi connectivity index (χ1n) is 24.2. The maximum absolute atomic E-state index is 2.98. The smallest absolute Gasteiger partial charge is 0.180 e. The van der Waals surface area contributed by atoms with E-state index >= 15 is 0 Å². The highest BCUT2D eigenvalue weighted by Gasteiger charge is 2.43. The van der Waals surface area contributed by atoms with Gasteiger partial charge in [-0.2, -0.15) is 0 Å². The van der Waals surface area contributed by atoms with E-state index in [0.717, 1.165) is 28.1 Å². The van der Waals surface area contributed by atoms with Crippen LogP contribution in [0.2, 0.25) is 0 Å². The van der Waals surface area contributed by atoms with Crippen LogP contribution in [0.4, 0.5) is 0 Å². The summed E-state index contributed by atoms with van der Waals surface area (Å²) in [4.78, 5) is 0. The van der Waals surface area contributed by atoms with Gasteiger partial charge in [0.2, 0.25) is 0 Å². The molecular formula is C66H45N3Si. The van der Waals surface area contributed by atoms with E-state index in [-0.39, 0.29) is 0 Å². The molecule has 0 unspecified atom stereocenters. The minimum Gasteiger partial charge on any atom is -0.309 e. The number of para-hydroxylation sites is 3. The van der Waals surface area contributed by atoms with Gasteiger partial charge in [0.25, 0.3) is 0 Å². The van der Waals surface area contributed by atoms with E-state index in [1.54, 1.807) is 0 Å². The highest BCUT2D eigenvalue weighted by atomic mass is 28.3. The predicted molar refractivity (Wildman–Crippen MR) is 299 cm³/mol. The fourth-order valence-corrected chi connectivity index (χ4v) is 16.8. The maximum atomic E-state index is 2.55. The summed E-state index contributed by atoms with van der Waals surface area (Å²) < 4.78 is 7.44. The van der Waals surface area contributed by atoms with Crippen molar-refractivity contribution in [2.45, 2.75) is 0 Å². The molecule has 3 heterocycles. The topological polar surface area (TPSA) is 14.8 Å². The first-order chi connectivity index (χ1) is 34.8. The van der Waals surface area contributed by atoms with Crippen molar-refractivity contribution in [2.75, 3.05) is 0 Å². The number of fused-ring (bicyclic) bond motifs is 9. The molecule has 14 aromatic rings. The molecule has 70 heavy (non-hydrogen) atoms. The Morgan fingerprint density at radius 1 is 0.229 bits per heavy atom. The Hall–Kier alpha value is -8.96. The van der Waals surface area contributed by atoms with Crippen LogP contribution >= 0.6 is 0 Å². The summed E-state index contributed by atoms with van der Waals surface area (Å²) in [7, 11) is -2.98. The summed E-state index contributed by atoms with van der Waals surface area (Å²) in [6.07, 6.45) is 0. The Balaban J connectivity index is 1.10. The van der Waals surface area contributed by atoms with Crippen molar-refractivity contribution < 1.29 is 0 Å². The third kappa shape index (κ3) is 6.00. The number of rotatable bonds is 8. The Morgan fingerprint density at radius 2 is 0.586 bits per heavy atom. The molecule has 0 saturated carbocycles. The lowest BCUT2D eigenvalue weighted by Crippen LogP contribution is -2.74. The molecule has 0 saturated heterocycles. The molecule has 0 radical (unpaired) electrons. The van der Waals surface area contributed by atoms with Crippen molar-refractivity contribution in [3.8, 4) is 28.2 Å². The van der Waals surface area contributed by atoms with E-state index in [1.165, 1.54) is 86.3 Å². The molecule has 14 rings (SSSR count). The van der Waals surface area contributed by atoms with Crippen molar-refractivity contribution in [2.24, 2.45) is 0 Å². The summed E-state index contributed by atoms with van der Waals surface area (Å²) in [5.41, 5.74) is 12.9. The van der Waals surface area contributed by atoms with Crippen molar-refractivity contribution in [3.63, 3.8) is 0 Å². The zero-order valence-corrected chi connectivity index (χ0v) is 39.3. The maximum Gasteiger partial charge on any atom is 0.180 e. The Morgan fingerprint density at radius 3 is 1.10 bits per heavy atom. The average molecular weight is 908 g/mol. The van der Waals surface area contributed by atoms with Crippen molar-refractivity contribution in [3.05, 3.63) is 273 Å². The third-order valence-corrected chi connectivity index (χ3v) is 19.6. The van der Waals surface area contributed by atoms with Gasteiger partial charge in [0.05, 0.1) is 33.1 Å². The summed E-state index contributed by atoms with van der Waals surface area (Å²) in [5, 5.41) is 12.9. The minimum atomic E-state index is -2.98. The second kappa shape index (κ2) is 16.1. The summed E-state index contributed by atoms with van der Waals surface area (Å²) >= 11 is 0. The van der Waals surface area contributed by atoms with Gasteiger partial charge in [0.1, 0.15) is 0 Å². The molecule has 0 aliphatic heterocycles.